The summed E-state index contributed by atoms with van der Waals surface area (Å²) in [5, 5.41) is 0.199. The van der Waals surface area contributed by atoms with Gasteiger partial charge in [0.1, 0.15) is 18.1 Å². The molecular formula is C19H21ClN2O5S. The number of rotatable bonds is 6. The van der Waals surface area contributed by atoms with Crippen LogP contribution in [0.1, 0.15) is 6.92 Å². The number of sulfonamides is 1. The highest BCUT2D eigenvalue weighted by atomic mass is 35.5. The lowest BCUT2D eigenvalue weighted by Crippen LogP contribution is -2.44. The third-order valence-corrected chi connectivity index (χ3v) is 6.39. The van der Waals surface area contributed by atoms with E-state index in [1.807, 2.05) is 13.0 Å². The molecule has 0 unspecified atom stereocenters. The lowest BCUT2D eigenvalue weighted by molar-refractivity contribution is -0.118. The van der Waals surface area contributed by atoms with Crippen LogP contribution in [0.5, 0.6) is 11.5 Å². The number of fused-ring (bicyclic) bond motifs is 1. The van der Waals surface area contributed by atoms with Crippen molar-refractivity contribution in [1.82, 2.24) is 4.31 Å². The molecule has 0 spiro atoms. The van der Waals surface area contributed by atoms with Crippen LogP contribution in [0.2, 0.25) is 5.02 Å². The molecule has 1 aliphatic heterocycles. The maximum atomic E-state index is 12.8. The molecular weight excluding hydrogens is 404 g/mol. The Labute approximate surface area is 169 Å². The first kappa shape index (κ1) is 20.4. The van der Waals surface area contributed by atoms with Gasteiger partial charge in [-0.05, 0) is 37.3 Å². The van der Waals surface area contributed by atoms with E-state index < -0.39 is 10.0 Å². The quantitative estimate of drug-likeness (QED) is 0.712. The molecule has 1 heterocycles. The van der Waals surface area contributed by atoms with Gasteiger partial charge in [-0.3, -0.25) is 4.79 Å². The van der Waals surface area contributed by atoms with Crippen LogP contribution >= 0.6 is 11.6 Å². The van der Waals surface area contributed by atoms with Gasteiger partial charge < -0.3 is 14.4 Å². The smallest absolute Gasteiger partial charge is 0.243 e. The molecule has 0 aromatic heterocycles. The van der Waals surface area contributed by atoms with Gasteiger partial charge in [-0.2, -0.15) is 4.31 Å². The summed E-state index contributed by atoms with van der Waals surface area (Å²) >= 11 is 6.11. The van der Waals surface area contributed by atoms with E-state index in [4.69, 9.17) is 21.1 Å². The summed E-state index contributed by atoms with van der Waals surface area (Å²) in [7, 11) is -2.52. The largest absolute Gasteiger partial charge is 0.492 e. The number of hydrogen-bond acceptors (Lipinski definition) is 5. The molecule has 2 aromatic rings. The zero-order valence-corrected chi connectivity index (χ0v) is 17.2. The van der Waals surface area contributed by atoms with Crippen LogP contribution in [0.25, 0.3) is 0 Å². The molecule has 150 valence electrons. The average Bonchev–Trinajstić information content (AvgIpc) is 2.69. The topological polar surface area (TPSA) is 76.2 Å². The Balaban J connectivity index is 1.78. The van der Waals surface area contributed by atoms with Gasteiger partial charge in [0.2, 0.25) is 15.9 Å². The van der Waals surface area contributed by atoms with Crippen molar-refractivity contribution < 1.29 is 22.7 Å². The van der Waals surface area contributed by atoms with Crippen molar-refractivity contribution in [1.29, 1.82) is 0 Å². The molecule has 0 bridgehead atoms. The lowest BCUT2D eigenvalue weighted by atomic mass is 10.2. The van der Waals surface area contributed by atoms with E-state index in [1.165, 1.54) is 30.1 Å². The summed E-state index contributed by atoms with van der Waals surface area (Å²) in [6, 6.07) is 11.4. The molecule has 2 aromatic carbocycles. The van der Waals surface area contributed by atoms with Crippen molar-refractivity contribution in [2.75, 3.05) is 38.3 Å². The van der Waals surface area contributed by atoms with Gasteiger partial charge in [0.05, 0.1) is 35.3 Å². The lowest BCUT2D eigenvalue weighted by Gasteiger charge is -2.30. The number of likely N-dealkylation sites (N-methyl/N-ethyl adjacent to an activating group) is 1. The second-order valence-corrected chi connectivity index (χ2v) is 8.60. The Morgan fingerprint density at radius 1 is 1.29 bits per heavy atom. The number of anilines is 1. The first-order valence-electron chi connectivity index (χ1n) is 8.75. The van der Waals surface area contributed by atoms with E-state index >= 15 is 0 Å². The van der Waals surface area contributed by atoms with E-state index in [9.17, 15) is 13.2 Å². The van der Waals surface area contributed by atoms with Crippen molar-refractivity contribution in [3.8, 4) is 11.5 Å². The van der Waals surface area contributed by atoms with Crippen molar-refractivity contribution in [3.05, 3.63) is 47.5 Å². The summed E-state index contributed by atoms with van der Waals surface area (Å²) < 4.78 is 37.6. The maximum Gasteiger partial charge on any atom is 0.243 e. The Morgan fingerprint density at radius 3 is 2.75 bits per heavy atom. The summed E-state index contributed by atoms with van der Waals surface area (Å²) in [4.78, 5) is 14.3. The number of amides is 1. The maximum absolute atomic E-state index is 12.8. The van der Waals surface area contributed by atoms with E-state index in [0.29, 0.717) is 36.9 Å². The van der Waals surface area contributed by atoms with Crippen LogP contribution in [0, 0.1) is 0 Å². The zero-order valence-electron chi connectivity index (χ0n) is 15.6. The van der Waals surface area contributed by atoms with Crippen LogP contribution in [0.4, 0.5) is 5.69 Å². The number of ether oxygens (including phenoxy) is 2. The fraction of sp³-hybridized carbons (Fsp3) is 0.316. The third kappa shape index (κ3) is 4.09. The Bertz CT molecular complexity index is 980. The predicted octanol–water partition coefficient (Wildman–Crippen LogP) is 2.78. The molecule has 0 fully saturated rings. The van der Waals surface area contributed by atoms with Gasteiger partial charge >= 0.3 is 0 Å². The van der Waals surface area contributed by atoms with Crippen LogP contribution in [-0.2, 0) is 14.8 Å². The summed E-state index contributed by atoms with van der Waals surface area (Å²) in [5.74, 6) is 0.677. The average molecular weight is 425 g/mol. The SMILES string of the molecule is CCOc1ccc(S(=O)(=O)N(C)CC(=O)N2CCOc3ccccc32)cc1Cl. The second-order valence-electron chi connectivity index (χ2n) is 6.15. The first-order chi connectivity index (χ1) is 13.3. The molecule has 9 heteroatoms. The van der Waals surface area contributed by atoms with Gasteiger partial charge in [0, 0.05) is 7.05 Å². The van der Waals surface area contributed by atoms with E-state index in [2.05, 4.69) is 0 Å². The minimum absolute atomic E-state index is 0.00127. The molecule has 1 amide bonds. The molecule has 0 radical (unpaired) electrons. The Morgan fingerprint density at radius 2 is 2.04 bits per heavy atom. The number of benzene rings is 2. The van der Waals surface area contributed by atoms with E-state index in [1.54, 1.807) is 18.2 Å². The van der Waals surface area contributed by atoms with Gasteiger partial charge in [-0.15, -0.1) is 0 Å². The van der Waals surface area contributed by atoms with Crippen molar-refractivity contribution in [3.63, 3.8) is 0 Å². The minimum Gasteiger partial charge on any atom is -0.492 e. The van der Waals surface area contributed by atoms with E-state index in [0.717, 1.165) is 4.31 Å². The monoisotopic (exact) mass is 424 g/mol. The van der Waals surface area contributed by atoms with Gasteiger partial charge in [0.15, 0.2) is 0 Å². The number of carbonyl (C=O) groups is 1. The van der Waals surface area contributed by atoms with Crippen molar-refractivity contribution in [2.24, 2.45) is 0 Å². The molecule has 0 aliphatic carbocycles. The molecule has 0 saturated heterocycles. The van der Waals surface area contributed by atoms with E-state index in [-0.39, 0.29) is 22.4 Å². The van der Waals surface area contributed by atoms with Crippen LogP contribution < -0.4 is 14.4 Å². The molecule has 0 N–H and O–H groups in total. The number of para-hydroxylation sites is 2. The highest BCUT2D eigenvalue weighted by molar-refractivity contribution is 7.89. The summed E-state index contributed by atoms with van der Waals surface area (Å²) in [6.45, 7) is 2.64. The minimum atomic E-state index is -3.89. The van der Waals surface area contributed by atoms with Crippen molar-refractivity contribution in [2.45, 2.75) is 11.8 Å². The molecule has 28 heavy (non-hydrogen) atoms. The Hall–Kier alpha value is -2.29. The van der Waals surface area contributed by atoms with Crippen molar-refractivity contribution >= 4 is 33.2 Å². The number of hydrogen-bond donors (Lipinski definition) is 0. The third-order valence-electron chi connectivity index (χ3n) is 4.30. The molecule has 3 rings (SSSR count). The normalized spacial score (nSPS) is 13.8. The number of carbonyl (C=O) groups excluding carboxylic acids is 1. The highest BCUT2D eigenvalue weighted by Gasteiger charge is 2.29. The predicted molar refractivity (Wildman–Crippen MR) is 107 cm³/mol. The molecule has 1 aliphatic rings. The molecule has 0 atom stereocenters. The summed E-state index contributed by atoms with van der Waals surface area (Å²) in [5.41, 5.74) is 0.633. The summed E-state index contributed by atoms with van der Waals surface area (Å²) in [6.07, 6.45) is 0. The first-order valence-corrected chi connectivity index (χ1v) is 10.6. The van der Waals surface area contributed by atoms with Crippen LogP contribution in [-0.4, -0.2) is 52.0 Å². The fourth-order valence-electron chi connectivity index (χ4n) is 2.88. The Kier molecular flexibility index (Phi) is 6.12. The zero-order chi connectivity index (χ0) is 20.3. The second kappa shape index (κ2) is 8.38. The number of halogens is 1. The highest BCUT2D eigenvalue weighted by Crippen LogP contribution is 2.32. The molecule has 7 nitrogen and oxygen atoms in total. The molecule has 0 saturated carbocycles. The van der Waals surface area contributed by atoms with Crippen LogP contribution in [0.15, 0.2) is 47.4 Å². The standard InChI is InChI=1S/C19H21ClN2O5S/c1-3-26-17-9-8-14(12-15(17)20)28(24,25)21(2)13-19(23)22-10-11-27-18-7-5-4-6-16(18)22/h4-9,12H,3,10-11,13H2,1-2H3. The van der Waals surface area contributed by atoms with Gasteiger partial charge in [-0.1, -0.05) is 23.7 Å². The van der Waals surface area contributed by atoms with Crippen LogP contribution in [0.3, 0.4) is 0 Å². The number of nitrogens with zero attached hydrogens (tertiary/aromatic N) is 2. The van der Waals surface area contributed by atoms with Gasteiger partial charge in [-0.25, -0.2) is 8.42 Å². The fourth-order valence-corrected chi connectivity index (χ4v) is 4.33. The van der Waals surface area contributed by atoms with Gasteiger partial charge in [0.25, 0.3) is 0 Å².